The Labute approximate surface area is 159 Å². The van der Waals surface area contributed by atoms with Crippen molar-refractivity contribution in [3.05, 3.63) is 71.9 Å². The maximum absolute atomic E-state index is 13.4. The third-order valence-corrected chi connectivity index (χ3v) is 6.42. The van der Waals surface area contributed by atoms with Crippen LogP contribution in [-0.2, 0) is 16.1 Å². The van der Waals surface area contributed by atoms with Gasteiger partial charge in [-0.25, -0.2) is 0 Å². The van der Waals surface area contributed by atoms with Crippen LogP contribution in [0.1, 0.15) is 30.1 Å². The van der Waals surface area contributed by atoms with Gasteiger partial charge in [-0.05, 0) is 37.1 Å². The molecule has 2 aliphatic heterocycles. The lowest BCUT2D eigenvalue weighted by atomic mass is 9.71. The van der Waals surface area contributed by atoms with Crippen LogP contribution < -0.4 is 0 Å². The summed E-state index contributed by atoms with van der Waals surface area (Å²) in [5.74, 6) is 0.0485. The van der Waals surface area contributed by atoms with Crippen LogP contribution in [0.4, 0.5) is 0 Å². The van der Waals surface area contributed by atoms with Gasteiger partial charge in [-0.15, -0.1) is 0 Å². The van der Waals surface area contributed by atoms with E-state index in [2.05, 4.69) is 71.1 Å². The monoisotopic (exact) mass is 360 g/mol. The van der Waals surface area contributed by atoms with Gasteiger partial charge in [0.15, 0.2) is 0 Å². The Hall–Kier alpha value is -2.59. The number of hydrogen-bond donors (Lipinski definition) is 0. The van der Waals surface area contributed by atoms with E-state index < -0.39 is 5.41 Å². The topological polar surface area (TPSA) is 34.5 Å². The van der Waals surface area contributed by atoms with Gasteiger partial charge in [-0.1, -0.05) is 48.5 Å². The van der Waals surface area contributed by atoms with E-state index in [1.54, 1.807) is 0 Å². The van der Waals surface area contributed by atoms with Gasteiger partial charge < -0.3 is 9.30 Å². The van der Waals surface area contributed by atoms with Crippen LogP contribution in [0.2, 0.25) is 0 Å². The number of benzene rings is 2. The highest BCUT2D eigenvalue weighted by Crippen LogP contribution is 2.60. The standard InChI is InChI=1S/C23H24N2O2/c1-3-27-22(26)23-15-25-19-12-8-7-11-17(19)13-20(25)21(23)24(2)14-18(23)16-9-5-4-6-10-16/h4-13,18,21H,3,14-15H2,1-2H3/t18-,21+,23?/m1/s1. The third kappa shape index (κ3) is 2.16. The molecule has 27 heavy (non-hydrogen) atoms. The van der Waals surface area contributed by atoms with Crippen LogP contribution in [0.15, 0.2) is 60.7 Å². The first-order chi connectivity index (χ1) is 13.2. The van der Waals surface area contributed by atoms with Crippen LogP contribution in [-0.4, -0.2) is 35.6 Å². The number of nitrogens with zero attached hydrogens (tertiary/aromatic N) is 2. The van der Waals surface area contributed by atoms with Crippen LogP contribution in [0.3, 0.4) is 0 Å². The predicted molar refractivity (Wildman–Crippen MR) is 106 cm³/mol. The fourth-order valence-electron chi connectivity index (χ4n) is 5.39. The summed E-state index contributed by atoms with van der Waals surface area (Å²) in [5, 5.41) is 1.24. The molecule has 1 fully saturated rings. The number of ether oxygens (including phenoxy) is 1. The summed E-state index contributed by atoms with van der Waals surface area (Å²) in [5.41, 5.74) is 3.07. The number of esters is 1. The summed E-state index contributed by atoms with van der Waals surface area (Å²) in [4.78, 5) is 15.8. The van der Waals surface area contributed by atoms with Crippen molar-refractivity contribution in [2.75, 3.05) is 20.2 Å². The molecular formula is C23H24N2O2. The van der Waals surface area contributed by atoms with E-state index in [1.165, 1.54) is 22.2 Å². The van der Waals surface area contributed by atoms with E-state index in [0.29, 0.717) is 13.2 Å². The molecule has 2 aliphatic rings. The molecule has 0 bridgehead atoms. The minimum atomic E-state index is -0.578. The van der Waals surface area contributed by atoms with Crippen molar-refractivity contribution in [1.29, 1.82) is 0 Å². The van der Waals surface area contributed by atoms with Crippen LogP contribution >= 0.6 is 0 Å². The molecule has 138 valence electrons. The molecule has 0 radical (unpaired) electrons. The minimum absolute atomic E-state index is 0.0363. The molecule has 0 N–H and O–H groups in total. The van der Waals surface area contributed by atoms with Crippen molar-refractivity contribution in [3.63, 3.8) is 0 Å². The lowest BCUT2D eigenvalue weighted by Gasteiger charge is -2.32. The molecule has 4 heteroatoms. The summed E-state index contributed by atoms with van der Waals surface area (Å²) in [7, 11) is 2.13. The number of carbonyl (C=O) groups is 1. The molecule has 0 amide bonds. The van der Waals surface area contributed by atoms with E-state index in [1.807, 2.05) is 13.0 Å². The highest BCUT2D eigenvalue weighted by molar-refractivity contribution is 5.86. The number of hydrogen-bond acceptors (Lipinski definition) is 3. The van der Waals surface area contributed by atoms with Gasteiger partial charge >= 0.3 is 5.97 Å². The first-order valence-corrected chi connectivity index (χ1v) is 9.67. The van der Waals surface area contributed by atoms with Crippen molar-refractivity contribution < 1.29 is 9.53 Å². The molecule has 0 saturated carbocycles. The van der Waals surface area contributed by atoms with Gasteiger partial charge in [-0.3, -0.25) is 9.69 Å². The van der Waals surface area contributed by atoms with E-state index in [-0.39, 0.29) is 17.9 Å². The zero-order valence-electron chi connectivity index (χ0n) is 15.8. The Morgan fingerprint density at radius 3 is 2.67 bits per heavy atom. The second-order valence-electron chi connectivity index (χ2n) is 7.78. The minimum Gasteiger partial charge on any atom is -0.465 e. The SMILES string of the molecule is CCOC(=O)C12Cn3c(cc4ccccc43)[C@@H]1N(C)C[C@@H]2c1ccccc1. The van der Waals surface area contributed by atoms with Crippen molar-refractivity contribution in [2.45, 2.75) is 25.4 Å². The third-order valence-electron chi connectivity index (χ3n) is 6.42. The van der Waals surface area contributed by atoms with Crippen molar-refractivity contribution in [2.24, 2.45) is 5.41 Å². The highest BCUT2D eigenvalue weighted by atomic mass is 16.5. The van der Waals surface area contributed by atoms with Crippen LogP contribution in [0, 0.1) is 5.41 Å². The molecule has 3 heterocycles. The average Bonchev–Trinajstić information content (AvgIpc) is 3.29. The van der Waals surface area contributed by atoms with Gasteiger partial charge in [0.25, 0.3) is 0 Å². The average molecular weight is 360 g/mol. The Kier molecular flexibility index (Phi) is 3.66. The number of likely N-dealkylation sites (tertiary alicyclic amines) is 1. The maximum atomic E-state index is 13.4. The van der Waals surface area contributed by atoms with Gasteiger partial charge in [0.05, 0.1) is 12.6 Å². The normalized spacial score (nSPS) is 26.9. The Bertz CT molecular complexity index is 1010. The highest BCUT2D eigenvalue weighted by Gasteiger charge is 2.64. The van der Waals surface area contributed by atoms with E-state index >= 15 is 0 Å². The molecule has 0 spiro atoms. The van der Waals surface area contributed by atoms with Gasteiger partial charge in [0, 0.05) is 30.2 Å². The first kappa shape index (κ1) is 16.6. The largest absolute Gasteiger partial charge is 0.465 e. The van der Waals surface area contributed by atoms with Crippen molar-refractivity contribution in [1.82, 2.24) is 9.47 Å². The number of carbonyl (C=O) groups excluding carboxylic acids is 1. The van der Waals surface area contributed by atoms with Gasteiger partial charge in [-0.2, -0.15) is 0 Å². The summed E-state index contributed by atoms with van der Waals surface area (Å²) >= 11 is 0. The smallest absolute Gasteiger partial charge is 0.316 e. The molecular weight excluding hydrogens is 336 g/mol. The number of aromatic nitrogens is 1. The molecule has 0 aliphatic carbocycles. The molecule has 1 aromatic heterocycles. The van der Waals surface area contributed by atoms with E-state index in [0.717, 1.165) is 6.54 Å². The second-order valence-corrected chi connectivity index (χ2v) is 7.78. The van der Waals surface area contributed by atoms with Crippen LogP contribution in [0.25, 0.3) is 10.9 Å². The summed E-state index contributed by atoms with van der Waals surface area (Å²) in [6.45, 7) is 3.83. The number of fused-ring (bicyclic) bond motifs is 5. The molecule has 4 nitrogen and oxygen atoms in total. The maximum Gasteiger partial charge on any atom is 0.316 e. The number of para-hydroxylation sites is 1. The fraction of sp³-hybridized carbons (Fsp3) is 0.348. The van der Waals surface area contributed by atoms with Crippen molar-refractivity contribution >= 4 is 16.9 Å². The molecule has 3 aromatic rings. The van der Waals surface area contributed by atoms with E-state index in [4.69, 9.17) is 4.74 Å². The van der Waals surface area contributed by atoms with E-state index in [9.17, 15) is 4.79 Å². The zero-order chi connectivity index (χ0) is 18.6. The summed E-state index contributed by atoms with van der Waals surface area (Å²) in [6, 6.07) is 21.2. The predicted octanol–water partition coefficient (Wildman–Crippen LogP) is 3.97. The summed E-state index contributed by atoms with van der Waals surface area (Å²) < 4.78 is 8.00. The summed E-state index contributed by atoms with van der Waals surface area (Å²) in [6.07, 6.45) is 0. The number of likely N-dealkylation sites (N-methyl/N-ethyl adjacent to an activating group) is 1. The van der Waals surface area contributed by atoms with Crippen molar-refractivity contribution in [3.8, 4) is 0 Å². The Balaban J connectivity index is 1.71. The fourth-order valence-corrected chi connectivity index (χ4v) is 5.39. The quantitative estimate of drug-likeness (QED) is 0.663. The first-order valence-electron chi connectivity index (χ1n) is 9.67. The molecule has 1 saturated heterocycles. The number of rotatable bonds is 3. The molecule has 5 rings (SSSR count). The van der Waals surface area contributed by atoms with Gasteiger partial charge in [0.1, 0.15) is 5.41 Å². The van der Waals surface area contributed by atoms with Gasteiger partial charge in [0.2, 0.25) is 0 Å². The zero-order valence-corrected chi connectivity index (χ0v) is 15.8. The molecule has 3 atom stereocenters. The Morgan fingerprint density at radius 1 is 1.15 bits per heavy atom. The second kappa shape index (κ2) is 5.96. The molecule has 1 unspecified atom stereocenters. The van der Waals surface area contributed by atoms with Crippen LogP contribution in [0.5, 0.6) is 0 Å². The lowest BCUT2D eigenvalue weighted by Crippen LogP contribution is -2.40. The molecule has 2 aromatic carbocycles. The lowest BCUT2D eigenvalue weighted by molar-refractivity contribution is -0.157. The Morgan fingerprint density at radius 2 is 1.89 bits per heavy atom.